The number of carbonyl (C=O) groups is 1. The van der Waals surface area contributed by atoms with Crippen LogP contribution in [0.5, 0.6) is 0 Å². The molecule has 17 heavy (non-hydrogen) atoms. The molecule has 5 heteroatoms. The van der Waals surface area contributed by atoms with Crippen molar-refractivity contribution in [1.82, 2.24) is 9.78 Å². The van der Waals surface area contributed by atoms with Crippen LogP contribution in [0, 0.1) is 5.92 Å². The van der Waals surface area contributed by atoms with E-state index >= 15 is 0 Å². The van der Waals surface area contributed by atoms with Crippen molar-refractivity contribution in [2.45, 2.75) is 38.1 Å². The average Bonchev–Trinajstić information content (AvgIpc) is 2.57. The molecule has 0 aliphatic heterocycles. The molecular weight excluding hydrogens is 216 g/mol. The smallest absolute Gasteiger partial charge is 0.229 e. The summed E-state index contributed by atoms with van der Waals surface area (Å²) >= 11 is 0. The number of hydrogen-bond acceptors (Lipinski definition) is 3. The molecule has 1 fully saturated rings. The summed E-state index contributed by atoms with van der Waals surface area (Å²) in [5.41, 5.74) is 6.80. The highest BCUT2D eigenvalue weighted by Gasteiger charge is 2.27. The van der Waals surface area contributed by atoms with Crippen LogP contribution in [-0.4, -0.2) is 21.7 Å². The summed E-state index contributed by atoms with van der Waals surface area (Å²) in [6, 6.07) is -0.00540. The van der Waals surface area contributed by atoms with Crippen molar-refractivity contribution in [2.75, 3.05) is 5.32 Å². The molecule has 1 heterocycles. The van der Waals surface area contributed by atoms with E-state index in [2.05, 4.69) is 10.4 Å². The molecule has 5 nitrogen and oxygen atoms in total. The minimum atomic E-state index is -0.0577. The number of carbonyl (C=O) groups excluding carboxylic acids is 1. The van der Waals surface area contributed by atoms with Gasteiger partial charge in [0.25, 0.3) is 0 Å². The second kappa shape index (κ2) is 5.31. The first-order valence-electron chi connectivity index (χ1n) is 6.22. The Bertz CT molecular complexity index is 388. The molecule has 1 aromatic heterocycles. The largest absolute Gasteiger partial charge is 0.327 e. The average molecular weight is 236 g/mol. The van der Waals surface area contributed by atoms with Gasteiger partial charge in [-0.1, -0.05) is 19.3 Å². The van der Waals surface area contributed by atoms with Gasteiger partial charge in [0, 0.05) is 19.3 Å². The lowest BCUT2D eigenvalue weighted by molar-refractivity contribution is -0.120. The van der Waals surface area contributed by atoms with Crippen LogP contribution in [0.2, 0.25) is 0 Å². The summed E-state index contributed by atoms with van der Waals surface area (Å²) in [4.78, 5) is 12.1. The Balaban J connectivity index is 1.98. The van der Waals surface area contributed by atoms with Crippen molar-refractivity contribution in [2.24, 2.45) is 18.7 Å². The predicted molar refractivity (Wildman–Crippen MR) is 66.4 cm³/mol. The van der Waals surface area contributed by atoms with Crippen LogP contribution in [0.4, 0.5) is 5.69 Å². The first kappa shape index (κ1) is 12.1. The number of anilines is 1. The van der Waals surface area contributed by atoms with Crippen LogP contribution in [0.1, 0.15) is 32.1 Å². The van der Waals surface area contributed by atoms with Crippen LogP contribution in [0.3, 0.4) is 0 Å². The van der Waals surface area contributed by atoms with Crippen LogP contribution in [0.25, 0.3) is 0 Å². The quantitative estimate of drug-likeness (QED) is 0.759. The number of amides is 1. The third kappa shape index (κ3) is 3.06. The molecule has 0 aromatic carbocycles. The Labute approximate surface area is 101 Å². The number of nitrogens with one attached hydrogen (secondary N) is 1. The van der Waals surface area contributed by atoms with Crippen molar-refractivity contribution in [3.8, 4) is 0 Å². The predicted octanol–water partition coefficient (Wildman–Crippen LogP) is 1.27. The van der Waals surface area contributed by atoms with Crippen molar-refractivity contribution in [3.63, 3.8) is 0 Å². The number of aryl methyl sites for hydroxylation is 1. The van der Waals surface area contributed by atoms with Gasteiger partial charge >= 0.3 is 0 Å². The molecule has 1 saturated carbocycles. The van der Waals surface area contributed by atoms with Gasteiger partial charge in [0.2, 0.25) is 5.91 Å². The monoisotopic (exact) mass is 236 g/mol. The van der Waals surface area contributed by atoms with E-state index in [1.807, 2.05) is 7.05 Å². The van der Waals surface area contributed by atoms with Crippen molar-refractivity contribution in [3.05, 3.63) is 12.4 Å². The standard InChI is InChI=1S/C12H20N4O/c1-16-8-9(7-14-16)15-12(17)10-5-3-2-4-6-11(10)13/h7-8,10-11H,2-6,13H2,1H3,(H,15,17). The minimum Gasteiger partial charge on any atom is -0.327 e. The zero-order chi connectivity index (χ0) is 12.3. The minimum absolute atomic E-state index is 0.00540. The van der Waals surface area contributed by atoms with E-state index in [0.29, 0.717) is 0 Å². The lowest BCUT2D eigenvalue weighted by Gasteiger charge is -2.19. The first-order chi connectivity index (χ1) is 8.16. The van der Waals surface area contributed by atoms with E-state index in [0.717, 1.165) is 31.4 Å². The fourth-order valence-electron chi connectivity index (χ4n) is 2.38. The molecular formula is C12H20N4O. The third-order valence-corrected chi connectivity index (χ3v) is 3.38. The van der Waals surface area contributed by atoms with Crippen LogP contribution < -0.4 is 11.1 Å². The first-order valence-corrected chi connectivity index (χ1v) is 6.22. The highest BCUT2D eigenvalue weighted by Crippen LogP contribution is 2.23. The Morgan fingerprint density at radius 1 is 1.47 bits per heavy atom. The summed E-state index contributed by atoms with van der Waals surface area (Å²) in [5.74, 6) is -0.0230. The highest BCUT2D eigenvalue weighted by atomic mass is 16.1. The van der Waals surface area contributed by atoms with Crippen LogP contribution >= 0.6 is 0 Å². The highest BCUT2D eigenvalue weighted by molar-refractivity contribution is 5.92. The SMILES string of the molecule is Cn1cc(NC(=O)C2CCCCCC2N)cn1. The van der Waals surface area contributed by atoms with E-state index in [1.54, 1.807) is 17.1 Å². The molecule has 0 radical (unpaired) electrons. The molecule has 94 valence electrons. The Hall–Kier alpha value is -1.36. The van der Waals surface area contributed by atoms with Crippen LogP contribution in [0.15, 0.2) is 12.4 Å². The molecule has 2 atom stereocenters. The molecule has 1 aromatic rings. The second-order valence-electron chi connectivity index (χ2n) is 4.80. The summed E-state index contributed by atoms with van der Waals surface area (Å²) in [5, 5.41) is 6.91. The molecule has 0 bridgehead atoms. The number of rotatable bonds is 2. The summed E-state index contributed by atoms with van der Waals surface area (Å²) in [6.45, 7) is 0. The van der Waals surface area contributed by atoms with E-state index in [-0.39, 0.29) is 17.9 Å². The zero-order valence-electron chi connectivity index (χ0n) is 10.2. The van der Waals surface area contributed by atoms with E-state index in [9.17, 15) is 4.79 Å². The molecule has 2 unspecified atom stereocenters. The maximum Gasteiger partial charge on any atom is 0.229 e. The topological polar surface area (TPSA) is 72.9 Å². The third-order valence-electron chi connectivity index (χ3n) is 3.38. The molecule has 3 N–H and O–H groups in total. The second-order valence-corrected chi connectivity index (χ2v) is 4.80. The van der Waals surface area contributed by atoms with Crippen molar-refractivity contribution >= 4 is 11.6 Å². The van der Waals surface area contributed by atoms with Gasteiger partial charge in [-0.25, -0.2) is 0 Å². The molecule has 1 amide bonds. The van der Waals surface area contributed by atoms with Gasteiger partial charge in [0.05, 0.1) is 17.8 Å². The lowest BCUT2D eigenvalue weighted by atomic mass is 9.94. The van der Waals surface area contributed by atoms with Gasteiger partial charge in [0.15, 0.2) is 0 Å². The molecule has 2 rings (SSSR count). The van der Waals surface area contributed by atoms with Gasteiger partial charge in [-0.2, -0.15) is 5.10 Å². The Kier molecular flexibility index (Phi) is 3.78. The number of aromatic nitrogens is 2. The summed E-state index contributed by atoms with van der Waals surface area (Å²) in [7, 11) is 1.83. The normalized spacial score (nSPS) is 25.3. The Morgan fingerprint density at radius 3 is 2.94 bits per heavy atom. The van der Waals surface area contributed by atoms with Crippen LogP contribution in [-0.2, 0) is 11.8 Å². The van der Waals surface area contributed by atoms with Gasteiger partial charge in [-0.05, 0) is 12.8 Å². The maximum absolute atomic E-state index is 12.1. The Morgan fingerprint density at radius 2 is 2.24 bits per heavy atom. The lowest BCUT2D eigenvalue weighted by Crippen LogP contribution is -2.37. The van der Waals surface area contributed by atoms with Gasteiger partial charge in [-0.3, -0.25) is 9.48 Å². The molecule has 0 spiro atoms. The zero-order valence-corrected chi connectivity index (χ0v) is 10.2. The van der Waals surface area contributed by atoms with Crippen molar-refractivity contribution in [1.29, 1.82) is 0 Å². The summed E-state index contributed by atoms with van der Waals surface area (Å²) in [6.07, 6.45) is 8.71. The number of hydrogen-bond donors (Lipinski definition) is 2. The van der Waals surface area contributed by atoms with E-state index in [1.165, 1.54) is 6.42 Å². The molecule has 1 aliphatic rings. The molecule has 1 aliphatic carbocycles. The van der Waals surface area contributed by atoms with Gasteiger partial charge in [-0.15, -0.1) is 0 Å². The van der Waals surface area contributed by atoms with Gasteiger partial charge in [0.1, 0.15) is 0 Å². The maximum atomic E-state index is 12.1. The number of nitrogens with two attached hydrogens (primary N) is 1. The fraction of sp³-hybridized carbons (Fsp3) is 0.667. The fourth-order valence-corrected chi connectivity index (χ4v) is 2.38. The van der Waals surface area contributed by atoms with Gasteiger partial charge < -0.3 is 11.1 Å². The summed E-state index contributed by atoms with van der Waals surface area (Å²) < 4.78 is 1.67. The van der Waals surface area contributed by atoms with Crippen molar-refractivity contribution < 1.29 is 4.79 Å². The number of nitrogens with zero attached hydrogens (tertiary/aromatic N) is 2. The van der Waals surface area contributed by atoms with E-state index < -0.39 is 0 Å². The van der Waals surface area contributed by atoms with E-state index in [4.69, 9.17) is 5.73 Å². The molecule has 0 saturated heterocycles.